The van der Waals surface area contributed by atoms with Crippen molar-refractivity contribution in [1.82, 2.24) is 14.9 Å². The third kappa shape index (κ3) is 3.33. The average molecular weight is 289 g/mol. The maximum absolute atomic E-state index is 4.63. The normalized spacial score (nSPS) is 29.1. The molecule has 0 amide bonds. The number of imidazole rings is 1. The van der Waals surface area contributed by atoms with E-state index in [2.05, 4.69) is 34.9 Å². The zero-order valence-electron chi connectivity index (χ0n) is 13.7. The highest BCUT2D eigenvalue weighted by molar-refractivity contribution is 5.08. The lowest BCUT2D eigenvalue weighted by molar-refractivity contribution is 0.414. The van der Waals surface area contributed by atoms with E-state index in [-0.39, 0.29) is 0 Å². The molecule has 2 fully saturated rings. The van der Waals surface area contributed by atoms with Crippen molar-refractivity contribution >= 4 is 0 Å². The Morgan fingerprint density at radius 3 is 2.67 bits per heavy atom. The van der Waals surface area contributed by atoms with Gasteiger partial charge in [-0.05, 0) is 50.0 Å². The molecular weight excluding hydrogens is 258 g/mol. The highest BCUT2D eigenvalue weighted by atomic mass is 15.1. The minimum Gasteiger partial charge on any atom is -0.335 e. The minimum atomic E-state index is 0.649. The molecule has 3 nitrogen and oxygen atoms in total. The lowest BCUT2D eigenvalue weighted by Crippen LogP contribution is -2.35. The van der Waals surface area contributed by atoms with Gasteiger partial charge >= 0.3 is 0 Å². The summed E-state index contributed by atoms with van der Waals surface area (Å²) in [7, 11) is 0. The van der Waals surface area contributed by atoms with E-state index in [1.54, 1.807) is 0 Å². The Kier molecular flexibility index (Phi) is 4.99. The van der Waals surface area contributed by atoms with Crippen molar-refractivity contribution < 1.29 is 0 Å². The van der Waals surface area contributed by atoms with Crippen LogP contribution in [-0.4, -0.2) is 22.1 Å². The van der Waals surface area contributed by atoms with Gasteiger partial charge in [-0.25, -0.2) is 4.98 Å². The first-order chi connectivity index (χ1) is 10.3. The van der Waals surface area contributed by atoms with Crippen LogP contribution in [0.1, 0.15) is 58.2 Å². The SMILES string of the molecule is CCCNC(Cc1nccn1CCC)C1C2CCCCC21. The first-order valence-corrected chi connectivity index (χ1v) is 9.08. The van der Waals surface area contributed by atoms with Crippen LogP contribution in [0, 0.1) is 17.8 Å². The van der Waals surface area contributed by atoms with Crippen molar-refractivity contribution in [2.75, 3.05) is 6.54 Å². The maximum Gasteiger partial charge on any atom is 0.110 e. The van der Waals surface area contributed by atoms with Crippen LogP contribution in [0.5, 0.6) is 0 Å². The maximum atomic E-state index is 4.63. The third-order valence-electron chi connectivity index (χ3n) is 5.51. The molecule has 3 atom stereocenters. The smallest absolute Gasteiger partial charge is 0.110 e. The summed E-state index contributed by atoms with van der Waals surface area (Å²) in [5.41, 5.74) is 0. The summed E-state index contributed by atoms with van der Waals surface area (Å²) in [6, 6.07) is 0.649. The van der Waals surface area contributed by atoms with Crippen molar-refractivity contribution in [3.63, 3.8) is 0 Å². The molecule has 21 heavy (non-hydrogen) atoms. The molecule has 3 rings (SSSR count). The number of hydrogen-bond acceptors (Lipinski definition) is 2. The van der Waals surface area contributed by atoms with E-state index < -0.39 is 0 Å². The molecule has 1 aromatic rings. The summed E-state index contributed by atoms with van der Waals surface area (Å²) in [6.07, 6.45) is 13.5. The van der Waals surface area contributed by atoms with Crippen molar-refractivity contribution in [2.24, 2.45) is 17.8 Å². The fourth-order valence-corrected chi connectivity index (χ4v) is 4.49. The number of hydrogen-bond donors (Lipinski definition) is 1. The monoisotopic (exact) mass is 289 g/mol. The lowest BCUT2D eigenvalue weighted by atomic mass is 10.0. The van der Waals surface area contributed by atoms with Crippen LogP contribution in [0.2, 0.25) is 0 Å². The van der Waals surface area contributed by atoms with Crippen LogP contribution in [0.25, 0.3) is 0 Å². The van der Waals surface area contributed by atoms with Crippen molar-refractivity contribution in [2.45, 2.75) is 71.4 Å². The van der Waals surface area contributed by atoms with E-state index in [1.165, 1.54) is 44.3 Å². The Labute approximate surface area is 129 Å². The summed E-state index contributed by atoms with van der Waals surface area (Å²) >= 11 is 0. The first-order valence-electron chi connectivity index (χ1n) is 9.08. The van der Waals surface area contributed by atoms with Gasteiger partial charge in [-0.3, -0.25) is 0 Å². The van der Waals surface area contributed by atoms with Gasteiger partial charge in [0.15, 0.2) is 0 Å². The summed E-state index contributed by atoms with van der Waals surface area (Å²) in [5, 5.41) is 3.84. The Hall–Kier alpha value is -0.830. The van der Waals surface area contributed by atoms with Gasteiger partial charge in [0, 0.05) is 31.4 Å². The second kappa shape index (κ2) is 6.95. The van der Waals surface area contributed by atoms with E-state index in [9.17, 15) is 0 Å². The zero-order chi connectivity index (χ0) is 14.7. The van der Waals surface area contributed by atoms with Crippen LogP contribution in [0.3, 0.4) is 0 Å². The molecule has 2 aliphatic rings. The molecule has 1 heterocycles. The molecule has 0 aromatic carbocycles. The number of fused-ring (bicyclic) bond motifs is 1. The van der Waals surface area contributed by atoms with Crippen molar-refractivity contribution in [3.8, 4) is 0 Å². The van der Waals surface area contributed by atoms with Crippen LogP contribution in [-0.2, 0) is 13.0 Å². The Bertz CT molecular complexity index is 427. The predicted molar refractivity (Wildman–Crippen MR) is 87.2 cm³/mol. The molecule has 118 valence electrons. The molecular formula is C18H31N3. The average Bonchev–Trinajstić information content (AvgIpc) is 3.08. The van der Waals surface area contributed by atoms with Crippen LogP contribution in [0.15, 0.2) is 12.4 Å². The minimum absolute atomic E-state index is 0.649. The molecule has 0 radical (unpaired) electrons. The quantitative estimate of drug-likeness (QED) is 0.792. The van der Waals surface area contributed by atoms with Crippen molar-refractivity contribution in [3.05, 3.63) is 18.2 Å². The van der Waals surface area contributed by atoms with Gasteiger partial charge in [0.25, 0.3) is 0 Å². The Balaban J connectivity index is 1.66. The highest BCUT2D eigenvalue weighted by Gasteiger charge is 2.53. The molecule has 1 aromatic heterocycles. The fourth-order valence-electron chi connectivity index (χ4n) is 4.49. The van der Waals surface area contributed by atoms with Gasteiger partial charge in [0.2, 0.25) is 0 Å². The lowest BCUT2D eigenvalue weighted by Gasteiger charge is -2.19. The first kappa shape index (κ1) is 15.1. The van der Waals surface area contributed by atoms with E-state index in [0.717, 1.165) is 37.3 Å². The summed E-state index contributed by atoms with van der Waals surface area (Å²) in [4.78, 5) is 4.63. The molecule has 2 aliphatic carbocycles. The predicted octanol–water partition coefficient (Wildman–Crippen LogP) is 3.64. The zero-order valence-corrected chi connectivity index (χ0v) is 13.7. The third-order valence-corrected chi connectivity index (χ3v) is 5.51. The van der Waals surface area contributed by atoms with Gasteiger partial charge < -0.3 is 9.88 Å². The van der Waals surface area contributed by atoms with Crippen molar-refractivity contribution in [1.29, 1.82) is 0 Å². The van der Waals surface area contributed by atoms with E-state index in [1.807, 2.05) is 6.20 Å². The van der Waals surface area contributed by atoms with E-state index >= 15 is 0 Å². The molecule has 0 spiro atoms. The molecule has 2 saturated carbocycles. The molecule has 1 N–H and O–H groups in total. The second-order valence-corrected chi connectivity index (χ2v) is 6.99. The Morgan fingerprint density at radius 1 is 1.24 bits per heavy atom. The van der Waals surface area contributed by atoms with Gasteiger partial charge in [0.05, 0.1) is 0 Å². The number of nitrogens with one attached hydrogen (secondary N) is 1. The molecule has 0 bridgehead atoms. The number of aromatic nitrogens is 2. The molecule has 0 aliphatic heterocycles. The van der Waals surface area contributed by atoms with Gasteiger partial charge in [-0.2, -0.15) is 0 Å². The van der Waals surface area contributed by atoms with E-state index in [4.69, 9.17) is 0 Å². The summed E-state index contributed by atoms with van der Waals surface area (Å²) in [6.45, 7) is 6.76. The molecule has 3 heteroatoms. The summed E-state index contributed by atoms with van der Waals surface area (Å²) in [5.74, 6) is 4.24. The highest BCUT2D eigenvalue weighted by Crippen LogP contribution is 2.57. The number of nitrogens with zero attached hydrogens (tertiary/aromatic N) is 2. The van der Waals surface area contributed by atoms with Crippen LogP contribution < -0.4 is 5.32 Å². The Morgan fingerprint density at radius 2 is 2.00 bits per heavy atom. The standard InChI is InChI=1S/C18H31N3/c1-3-9-19-16(18-14-7-5-6-8-15(14)18)13-17-20-10-12-21(17)11-4-2/h10,12,14-16,18-19H,3-9,11,13H2,1-2H3. The van der Waals surface area contributed by atoms with Gasteiger partial charge in [-0.15, -0.1) is 0 Å². The van der Waals surface area contributed by atoms with Crippen LogP contribution in [0.4, 0.5) is 0 Å². The molecule has 3 unspecified atom stereocenters. The second-order valence-electron chi connectivity index (χ2n) is 6.99. The van der Waals surface area contributed by atoms with Gasteiger partial charge in [0.1, 0.15) is 5.82 Å². The largest absolute Gasteiger partial charge is 0.335 e. The topological polar surface area (TPSA) is 29.9 Å². The van der Waals surface area contributed by atoms with Gasteiger partial charge in [-0.1, -0.05) is 26.7 Å². The molecule has 0 saturated heterocycles. The van der Waals surface area contributed by atoms with Crippen LogP contribution >= 0.6 is 0 Å². The fraction of sp³-hybridized carbons (Fsp3) is 0.833. The number of aryl methyl sites for hydroxylation is 1. The summed E-state index contributed by atoms with van der Waals surface area (Å²) < 4.78 is 2.35. The number of rotatable bonds is 8. The van der Waals surface area contributed by atoms with E-state index in [0.29, 0.717) is 6.04 Å².